The van der Waals surface area contributed by atoms with Crippen LogP contribution < -0.4 is 0 Å². The van der Waals surface area contributed by atoms with E-state index in [9.17, 15) is 34.5 Å². The van der Waals surface area contributed by atoms with Crippen LogP contribution in [-0.2, 0) is 61.8 Å². The van der Waals surface area contributed by atoms with Crippen molar-refractivity contribution in [2.24, 2.45) is 34.0 Å². The van der Waals surface area contributed by atoms with Crippen LogP contribution in [0.2, 0.25) is 0 Å². The molecule has 2 bridgehead atoms. The number of esters is 4. The molecule has 16 heteroatoms. The van der Waals surface area contributed by atoms with Gasteiger partial charge in [-0.25, -0.2) is 9.59 Å². The van der Waals surface area contributed by atoms with E-state index in [4.69, 9.17) is 42.6 Å². The van der Waals surface area contributed by atoms with Crippen LogP contribution in [0, 0.1) is 34.0 Å². The summed E-state index contributed by atoms with van der Waals surface area (Å²) in [7, 11) is 2.23. The molecule has 5 aliphatic heterocycles. The first-order chi connectivity index (χ1) is 23.9. The maximum Gasteiger partial charge on any atom is 0.366 e. The standard InChI is InChI=1S/C35H44O16/c1-8-15(2)24(38)49-18-12-19(48-16(3)36)32(26(39)43-6)13-46-21-22(32)31(18)14-47-34(42,27(40)44-7)25(31)29(4,23(21)37)35-20-11-17(30(35,5)51-35)33(41)9-10-45-28(33)50-20/h8-10,17-23,25,28,37,41-42H,11-14H2,1-7H3/b15-8+/t17-,18+,19?,20+,21-,22-,23-,25+,28+,29-,30+,31+,32+,33+,34+,35+/m1/s1. The predicted molar refractivity (Wildman–Crippen MR) is 164 cm³/mol. The van der Waals surface area contributed by atoms with E-state index < -0.39 is 130 Å². The summed E-state index contributed by atoms with van der Waals surface area (Å²) in [5, 5.41) is 37.4. The topological polar surface area (TPSA) is 215 Å². The highest BCUT2D eigenvalue weighted by atomic mass is 16.7. The summed E-state index contributed by atoms with van der Waals surface area (Å²) in [5.41, 5.74) is -9.47. The molecular weight excluding hydrogens is 676 g/mol. The summed E-state index contributed by atoms with van der Waals surface area (Å²) < 4.78 is 54.0. The van der Waals surface area contributed by atoms with Crippen LogP contribution in [0.15, 0.2) is 24.0 Å². The number of allylic oxidation sites excluding steroid dienone is 1. The van der Waals surface area contributed by atoms with Crippen molar-refractivity contribution in [1.29, 1.82) is 0 Å². The molecule has 4 saturated heterocycles. The van der Waals surface area contributed by atoms with Crippen LogP contribution in [0.1, 0.15) is 47.5 Å². The van der Waals surface area contributed by atoms with Crippen LogP contribution in [0.25, 0.3) is 0 Å². The van der Waals surface area contributed by atoms with Gasteiger partial charge in [0.25, 0.3) is 5.79 Å². The molecule has 3 N–H and O–H groups in total. The molecule has 0 radical (unpaired) electrons. The van der Waals surface area contributed by atoms with Crippen molar-refractivity contribution in [2.45, 2.75) is 107 Å². The van der Waals surface area contributed by atoms with Crippen molar-refractivity contribution in [3.63, 3.8) is 0 Å². The van der Waals surface area contributed by atoms with Crippen LogP contribution in [0.5, 0.6) is 0 Å². The first-order valence-corrected chi connectivity index (χ1v) is 17.2. The largest absolute Gasteiger partial charge is 0.469 e. The van der Waals surface area contributed by atoms with E-state index in [1.54, 1.807) is 33.8 Å². The number of hydrogen-bond acceptors (Lipinski definition) is 16. The Morgan fingerprint density at radius 1 is 0.961 bits per heavy atom. The number of aliphatic hydroxyl groups excluding tert-OH is 1. The van der Waals surface area contributed by atoms with E-state index in [-0.39, 0.29) is 18.4 Å². The van der Waals surface area contributed by atoms with Gasteiger partial charge in [-0.05, 0) is 33.3 Å². The van der Waals surface area contributed by atoms with Gasteiger partial charge in [0.15, 0.2) is 5.60 Å². The van der Waals surface area contributed by atoms with E-state index >= 15 is 0 Å². The molecule has 16 atom stereocenters. The Labute approximate surface area is 293 Å². The molecule has 51 heavy (non-hydrogen) atoms. The van der Waals surface area contributed by atoms with Crippen molar-refractivity contribution < 1.29 is 77.1 Å². The third-order valence-electron chi connectivity index (χ3n) is 14.1. The minimum Gasteiger partial charge on any atom is -0.469 e. The number of rotatable bonds is 6. The fourth-order valence-electron chi connectivity index (χ4n) is 12.2. The first kappa shape index (κ1) is 34.9. The zero-order chi connectivity index (χ0) is 36.9. The minimum absolute atomic E-state index is 0.235. The average Bonchev–Trinajstić information content (AvgIpc) is 3.47. The fourth-order valence-corrected chi connectivity index (χ4v) is 12.2. The van der Waals surface area contributed by atoms with Gasteiger partial charge in [0, 0.05) is 47.5 Å². The number of hydrogen-bond donors (Lipinski definition) is 3. The Bertz CT molecular complexity index is 1660. The molecular formula is C35H44O16. The molecule has 16 nitrogen and oxygen atoms in total. The second-order valence-electron chi connectivity index (χ2n) is 15.8. The molecule has 0 aromatic heterocycles. The number of fused-ring (bicyclic) bond motifs is 7. The minimum atomic E-state index is -2.82. The molecule has 7 fully saturated rings. The van der Waals surface area contributed by atoms with E-state index in [2.05, 4.69) is 0 Å². The Balaban J connectivity index is 1.40. The number of ether oxygens (including phenoxy) is 9. The lowest BCUT2D eigenvalue weighted by Crippen LogP contribution is -2.79. The molecule has 0 amide bonds. The maximum absolute atomic E-state index is 14.2. The van der Waals surface area contributed by atoms with E-state index in [1.807, 2.05) is 0 Å². The molecule has 3 aliphatic carbocycles. The summed E-state index contributed by atoms with van der Waals surface area (Å²) in [6.07, 6.45) is -3.11. The highest BCUT2D eigenvalue weighted by Gasteiger charge is 2.97. The van der Waals surface area contributed by atoms with Gasteiger partial charge in [0.2, 0.25) is 6.29 Å². The lowest BCUT2D eigenvalue weighted by atomic mass is 9.37. The van der Waals surface area contributed by atoms with Gasteiger partial charge in [-0.15, -0.1) is 0 Å². The zero-order valence-corrected chi connectivity index (χ0v) is 29.4. The normalized spacial score (nSPS) is 53.9. The van der Waals surface area contributed by atoms with Crippen LogP contribution >= 0.6 is 0 Å². The summed E-state index contributed by atoms with van der Waals surface area (Å²) in [6, 6.07) is 0. The van der Waals surface area contributed by atoms with Crippen molar-refractivity contribution in [2.75, 3.05) is 27.4 Å². The second kappa shape index (κ2) is 10.5. The second-order valence-corrected chi connectivity index (χ2v) is 15.8. The lowest BCUT2D eigenvalue weighted by molar-refractivity contribution is -0.314. The van der Waals surface area contributed by atoms with Crippen molar-refractivity contribution in [3.8, 4) is 0 Å². The number of carbonyl (C=O) groups excluding carboxylic acids is 4. The van der Waals surface area contributed by atoms with Crippen LogP contribution in [0.4, 0.5) is 0 Å². The molecule has 8 aliphatic rings. The van der Waals surface area contributed by atoms with Gasteiger partial charge < -0.3 is 58.0 Å². The maximum atomic E-state index is 14.2. The SMILES string of the molecule is C/C=C(\C)C(=O)O[C@H]1CC(OC(C)=O)[C@@]2(C(=O)OC)CO[C@H]3[C@@H](O)[C@@](C)([C@]45O[C@@]4(C)[C@H]4C[C@@H]5O[C@@H]5OC=C[C@@]54O)[C@H]4[C@]1(CO[C@]4(O)C(=O)OC)[C@@H]32. The average molecular weight is 721 g/mol. The molecule has 1 unspecified atom stereocenters. The van der Waals surface area contributed by atoms with Crippen molar-refractivity contribution in [1.82, 2.24) is 0 Å². The van der Waals surface area contributed by atoms with Gasteiger partial charge in [0.05, 0.1) is 52.0 Å². The van der Waals surface area contributed by atoms with E-state index in [0.717, 1.165) is 14.2 Å². The lowest BCUT2D eigenvalue weighted by Gasteiger charge is -2.65. The number of epoxide rings is 1. The smallest absolute Gasteiger partial charge is 0.366 e. The highest BCUT2D eigenvalue weighted by Crippen LogP contribution is 2.83. The van der Waals surface area contributed by atoms with Crippen molar-refractivity contribution >= 4 is 23.9 Å². The quantitative estimate of drug-likeness (QED) is 0.140. The molecule has 1 spiro atoms. The highest BCUT2D eigenvalue weighted by molar-refractivity contribution is 5.88. The third-order valence-corrected chi connectivity index (χ3v) is 14.1. The zero-order valence-electron chi connectivity index (χ0n) is 29.4. The Morgan fingerprint density at radius 2 is 1.67 bits per heavy atom. The number of methoxy groups -OCH3 is 2. The first-order valence-electron chi connectivity index (χ1n) is 17.2. The van der Waals surface area contributed by atoms with Gasteiger partial charge in [-0.2, -0.15) is 0 Å². The molecule has 280 valence electrons. The monoisotopic (exact) mass is 720 g/mol. The van der Waals surface area contributed by atoms with Gasteiger partial charge >= 0.3 is 23.9 Å². The predicted octanol–water partition coefficient (Wildman–Crippen LogP) is -0.203. The molecule has 5 heterocycles. The molecule has 0 aromatic rings. The summed E-state index contributed by atoms with van der Waals surface area (Å²) in [6.45, 7) is 6.88. The van der Waals surface area contributed by atoms with Crippen molar-refractivity contribution in [3.05, 3.63) is 24.0 Å². The summed E-state index contributed by atoms with van der Waals surface area (Å²) >= 11 is 0. The Morgan fingerprint density at radius 3 is 2.31 bits per heavy atom. The Kier molecular flexibility index (Phi) is 7.20. The van der Waals surface area contributed by atoms with Crippen LogP contribution in [-0.4, -0.2) is 126 Å². The van der Waals surface area contributed by atoms with Gasteiger partial charge in [-0.3, -0.25) is 9.59 Å². The third kappa shape index (κ3) is 3.65. The van der Waals surface area contributed by atoms with Crippen LogP contribution in [0.3, 0.4) is 0 Å². The molecule has 3 saturated carbocycles. The van der Waals surface area contributed by atoms with Gasteiger partial charge in [-0.1, -0.05) is 13.0 Å². The summed E-state index contributed by atoms with van der Waals surface area (Å²) in [5.74, 6) is -9.76. The van der Waals surface area contributed by atoms with E-state index in [1.165, 1.54) is 19.3 Å². The van der Waals surface area contributed by atoms with E-state index in [0.29, 0.717) is 0 Å². The fraction of sp³-hybridized carbons (Fsp3) is 0.771. The molecule has 0 aromatic carbocycles. The number of aliphatic hydroxyl groups is 3. The summed E-state index contributed by atoms with van der Waals surface area (Å²) in [4.78, 5) is 54.4. The molecule has 8 rings (SSSR count). The van der Waals surface area contributed by atoms with Gasteiger partial charge in [0.1, 0.15) is 28.8 Å². The number of carbonyl (C=O) groups is 4. The Hall–Kier alpha value is -3.12.